The maximum Gasteiger partial charge on any atom is 0.152 e. The third-order valence-electron chi connectivity index (χ3n) is 3.71. The molecule has 1 aliphatic rings. The zero-order valence-corrected chi connectivity index (χ0v) is 13.8. The predicted molar refractivity (Wildman–Crippen MR) is 89.3 cm³/mol. The van der Waals surface area contributed by atoms with E-state index in [1.165, 1.54) is 42.0 Å². The molecule has 2 atom stereocenters. The standard InChI is InChI=1S/C17H23ClSi/c1-14(2)8-4-3-7-13-19(18)17-12-11-15-9-5-6-10-16(15)17/h5-6,8-12,17,19H,3-4,7,13H2,1-2H3. The van der Waals surface area contributed by atoms with Crippen LogP contribution in [0, 0.1) is 0 Å². The van der Waals surface area contributed by atoms with Gasteiger partial charge in [0.25, 0.3) is 0 Å². The van der Waals surface area contributed by atoms with Gasteiger partial charge in [0.2, 0.25) is 0 Å². The van der Waals surface area contributed by atoms with Gasteiger partial charge in [0, 0.05) is 5.54 Å². The number of rotatable bonds is 6. The lowest BCUT2D eigenvalue weighted by molar-refractivity contribution is 0.802. The van der Waals surface area contributed by atoms with Crippen LogP contribution in [-0.2, 0) is 0 Å². The summed E-state index contributed by atoms with van der Waals surface area (Å²) in [6, 6.07) is 9.91. The molecule has 0 fully saturated rings. The number of hydrogen-bond donors (Lipinski definition) is 0. The summed E-state index contributed by atoms with van der Waals surface area (Å²) in [4.78, 5) is 0. The highest BCUT2D eigenvalue weighted by Gasteiger charge is 2.25. The van der Waals surface area contributed by atoms with Gasteiger partial charge in [0.15, 0.2) is 8.11 Å². The summed E-state index contributed by atoms with van der Waals surface area (Å²) in [5.74, 6) is 0. The van der Waals surface area contributed by atoms with Gasteiger partial charge in [-0.25, -0.2) is 0 Å². The molecular weight excluding hydrogens is 268 g/mol. The molecule has 1 aromatic rings. The van der Waals surface area contributed by atoms with E-state index in [-0.39, 0.29) is 0 Å². The van der Waals surface area contributed by atoms with Crippen molar-refractivity contribution in [2.24, 2.45) is 0 Å². The van der Waals surface area contributed by atoms with Crippen LogP contribution >= 0.6 is 11.1 Å². The van der Waals surface area contributed by atoms with E-state index in [4.69, 9.17) is 11.1 Å². The number of allylic oxidation sites excluding steroid dienone is 3. The Balaban J connectivity index is 1.80. The summed E-state index contributed by atoms with van der Waals surface area (Å²) in [6.45, 7) is 4.33. The molecule has 0 heterocycles. The van der Waals surface area contributed by atoms with Crippen LogP contribution in [0.1, 0.15) is 49.8 Å². The summed E-state index contributed by atoms with van der Waals surface area (Å²) >= 11 is 6.73. The molecule has 0 N–H and O–H groups in total. The predicted octanol–water partition coefficient (Wildman–Crippen LogP) is 5.44. The van der Waals surface area contributed by atoms with E-state index in [0.717, 1.165) is 0 Å². The van der Waals surface area contributed by atoms with E-state index in [1.807, 2.05) is 0 Å². The molecule has 102 valence electrons. The number of benzene rings is 1. The number of fused-ring (bicyclic) bond motifs is 1. The summed E-state index contributed by atoms with van der Waals surface area (Å²) < 4.78 is 0. The zero-order chi connectivity index (χ0) is 13.7. The van der Waals surface area contributed by atoms with Crippen molar-refractivity contribution in [3.63, 3.8) is 0 Å². The second-order valence-corrected chi connectivity index (χ2v) is 9.61. The quantitative estimate of drug-likeness (QED) is 0.283. The Hall–Kier alpha value is -0.793. The van der Waals surface area contributed by atoms with Crippen LogP contribution in [0.5, 0.6) is 0 Å². The van der Waals surface area contributed by atoms with Crippen molar-refractivity contribution in [2.75, 3.05) is 0 Å². The average Bonchev–Trinajstić information content (AvgIpc) is 2.81. The third-order valence-corrected chi connectivity index (χ3v) is 7.50. The SMILES string of the molecule is CC(C)=CCCCC[SiH](Cl)C1C=Cc2ccccc21. The molecule has 19 heavy (non-hydrogen) atoms. The van der Waals surface area contributed by atoms with Crippen LogP contribution in [0.2, 0.25) is 6.04 Å². The van der Waals surface area contributed by atoms with Crippen molar-refractivity contribution in [3.8, 4) is 0 Å². The van der Waals surface area contributed by atoms with Gasteiger partial charge < -0.3 is 0 Å². The Labute approximate surface area is 123 Å². The molecule has 0 radical (unpaired) electrons. The maximum atomic E-state index is 6.73. The fourth-order valence-electron chi connectivity index (χ4n) is 2.65. The maximum absolute atomic E-state index is 6.73. The molecule has 2 unspecified atom stereocenters. The highest BCUT2D eigenvalue weighted by molar-refractivity contribution is 7.07. The first kappa shape index (κ1) is 14.6. The second-order valence-electron chi connectivity index (χ2n) is 5.60. The lowest BCUT2D eigenvalue weighted by Crippen LogP contribution is -2.14. The Morgan fingerprint density at radius 3 is 2.84 bits per heavy atom. The molecule has 0 nitrogen and oxygen atoms in total. The molecular formula is C17H23ClSi. The molecule has 0 saturated carbocycles. The van der Waals surface area contributed by atoms with E-state index in [9.17, 15) is 0 Å². The summed E-state index contributed by atoms with van der Waals surface area (Å²) in [5, 5.41) is 0. The molecule has 1 aliphatic carbocycles. The molecule has 0 amide bonds. The molecule has 0 aliphatic heterocycles. The van der Waals surface area contributed by atoms with E-state index in [1.54, 1.807) is 0 Å². The minimum atomic E-state index is -1.19. The third kappa shape index (κ3) is 4.09. The molecule has 0 aromatic heterocycles. The van der Waals surface area contributed by atoms with Crippen LogP contribution < -0.4 is 0 Å². The highest BCUT2D eigenvalue weighted by atomic mass is 35.6. The zero-order valence-electron chi connectivity index (χ0n) is 11.9. The Morgan fingerprint density at radius 1 is 1.26 bits per heavy atom. The van der Waals surface area contributed by atoms with E-state index < -0.39 is 8.11 Å². The van der Waals surface area contributed by atoms with Crippen molar-refractivity contribution >= 4 is 25.3 Å². The fourth-order valence-corrected chi connectivity index (χ4v) is 5.85. The topological polar surface area (TPSA) is 0 Å². The molecule has 1 aromatic carbocycles. The largest absolute Gasteiger partial charge is 0.171 e. The van der Waals surface area contributed by atoms with E-state index >= 15 is 0 Å². The molecule has 0 bridgehead atoms. The van der Waals surface area contributed by atoms with Gasteiger partial charge in [0.05, 0.1) is 0 Å². The number of hydrogen-bond acceptors (Lipinski definition) is 0. The summed E-state index contributed by atoms with van der Waals surface area (Å²) in [7, 11) is -1.19. The Morgan fingerprint density at radius 2 is 2.05 bits per heavy atom. The molecule has 2 rings (SSSR count). The normalized spacial score (nSPS) is 18.2. The first-order chi connectivity index (χ1) is 9.18. The van der Waals surface area contributed by atoms with Gasteiger partial charge in [-0.3, -0.25) is 0 Å². The van der Waals surface area contributed by atoms with Gasteiger partial charge >= 0.3 is 0 Å². The van der Waals surface area contributed by atoms with Gasteiger partial charge in [-0.05, 0) is 37.4 Å². The lowest BCUT2D eigenvalue weighted by atomic mass is 10.1. The van der Waals surface area contributed by atoms with Crippen LogP contribution in [0.25, 0.3) is 6.08 Å². The minimum Gasteiger partial charge on any atom is -0.171 e. The summed E-state index contributed by atoms with van der Waals surface area (Å²) in [6.07, 6.45) is 10.7. The smallest absolute Gasteiger partial charge is 0.152 e. The van der Waals surface area contributed by atoms with E-state index in [0.29, 0.717) is 5.54 Å². The van der Waals surface area contributed by atoms with E-state index in [2.05, 4.69) is 56.3 Å². The average molecular weight is 291 g/mol. The highest BCUT2D eigenvalue weighted by Crippen LogP contribution is 2.34. The van der Waals surface area contributed by atoms with Gasteiger partial charge in [-0.15, -0.1) is 0 Å². The molecule has 2 heteroatoms. The van der Waals surface area contributed by atoms with Crippen molar-refractivity contribution < 1.29 is 0 Å². The fraction of sp³-hybridized carbons (Fsp3) is 0.412. The van der Waals surface area contributed by atoms with Gasteiger partial charge in [-0.1, -0.05) is 60.9 Å². The number of halogens is 1. The summed E-state index contributed by atoms with van der Waals surface area (Å²) in [5.41, 5.74) is 4.79. The second kappa shape index (κ2) is 7.11. The number of unbranched alkanes of at least 4 members (excludes halogenated alkanes) is 2. The lowest BCUT2D eigenvalue weighted by Gasteiger charge is -2.15. The van der Waals surface area contributed by atoms with Crippen molar-refractivity contribution in [3.05, 3.63) is 53.1 Å². The van der Waals surface area contributed by atoms with Crippen LogP contribution in [0.4, 0.5) is 0 Å². The molecule has 0 spiro atoms. The van der Waals surface area contributed by atoms with Gasteiger partial charge in [-0.2, -0.15) is 11.1 Å². The van der Waals surface area contributed by atoms with Crippen molar-refractivity contribution in [1.82, 2.24) is 0 Å². The first-order valence-corrected chi connectivity index (χ1v) is 10.5. The van der Waals surface area contributed by atoms with Crippen molar-refractivity contribution in [2.45, 2.75) is 44.7 Å². The monoisotopic (exact) mass is 290 g/mol. The Kier molecular flexibility index (Phi) is 5.47. The van der Waals surface area contributed by atoms with Crippen LogP contribution in [0.15, 0.2) is 42.0 Å². The Bertz CT molecular complexity index is 472. The van der Waals surface area contributed by atoms with Gasteiger partial charge in [0.1, 0.15) is 0 Å². The van der Waals surface area contributed by atoms with Crippen molar-refractivity contribution in [1.29, 1.82) is 0 Å². The van der Waals surface area contributed by atoms with Crippen LogP contribution in [-0.4, -0.2) is 8.11 Å². The molecule has 0 saturated heterocycles. The minimum absolute atomic E-state index is 0.543. The van der Waals surface area contributed by atoms with Crippen LogP contribution in [0.3, 0.4) is 0 Å². The first-order valence-electron chi connectivity index (χ1n) is 7.23.